The van der Waals surface area contributed by atoms with E-state index in [0.717, 1.165) is 0 Å². The molecule has 1 rings (SSSR count). The molecule has 5 heteroatoms. The van der Waals surface area contributed by atoms with Crippen LogP contribution in [0.15, 0.2) is 12.1 Å². The number of aromatic nitrogens is 2. The molecule has 0 unspecified atom stereocenters. The highest BCUT2D eigenvalue weighted by molar-refractivity contribution is 5.86. The van der Waals surface area contributed by atoms with Gasteiger partial charge in [-0.3, -0.25) is 0 Å². The van der Waals surface area contributed by atoms with Crippen LogP contribution in [-0.4, -0.2) is 37.4 Å². The normalized spacial score (nSPS) is 9.46. The van der Waals surface area contributed by atoms with Crippen molar-refractivity contribution in [2.24, 2.45) is 0 Å². The Morgan fingerprint density at radius 2 is 2.08 bits per heavy atom. The molecule has 0 aliphatic carbocycles. The highest BCUT2D eigenvalue weighted by atomic mass is 16.5. The fourth-order valence-corrected chi connectivity index (χ4v) is 0.777. The largest absolute Gasteiger partial charge is 0.464 e. The molecule has 70 valence electrons. The van der Waals surface area contributed by atoms with Crippen molar-refractivity contribution in [2.75, 3.05) is 26.1 Å². The molecule has 0 atom stereocenters. The first-order chi connectivity index (χ1) is 6.15. The van der Waals surface area contributed by atoms with Crippen molar-refractivity contribution >= 4 is 11.8 Å². The predicted octanol–water partition coefficient (Wildman–Crippen LogP) is 0.329. The van der Waals surface area contributed by atoms with Gasteiger partial charge >= 0.3 is 5.97 Å². The molecule has 1 aromatic heterocycles. The van der Waals surface area contributed by atoms with Gasteiger partial charge in [0.25, 0.3) is 0 Å². The molecule has 1 heterocycles. The number of carbonyl (C=O) groups excluding carboxylic acids is 1. The van der Waals surface area contributed by atoms with E-state index in [1.807, 2.05) is 14.1 Å². The maximum absolute atomic E-state index is 11.0. The van der Waals surface area contributed by atoms with Gasteiger partial charge < -0.3 is 9.64 Å². The first kappa shape index (κ1) is 9.44. The summed E-state index contributed by atoms with van der Waals surface area (Å²) >= 11 is 0. The van der Waals surface area contributed by atoms with E-state index in [2.05, 4.69) is 14.9 Å². The van der Waals surface area contributed by atoms with Gasteiger partial charge in [0, 0.05) is 14.1 Å². The number of methoxy groups -OCH3 is 1. The summed E-state index contributed by atoms with van der Waals surface area (Å²) < 4.78 is 4.48. The van der Waals surface area contributed by atoms with Crippen molar-refractivity contribution in [1.82, 2.24) is 10.2 Å². The third-order valence-corrected chi connectivity index (χ3v) is 1.50. The van der Waals surface area contributed by atoms with E-state index < -0.39 is 5.97 Å². The van der Waals surface area contributed by atoms with Gasteiger partial charge in [-0.1, -0.05) is 0 Å². The predicted molar refractivity (Wildman–Crippen MR) is 47.7 cm³/mol. The second-order valence-corrected chi connectivity index (χ2v) is 2.66. The highest BCUT2D eigenvalue weighted by Crippen LogP contribution is 2.05. The Morgan fingerprint density at radius 1 is 1.38 bits per heavy atom. The first-order valence-corrected chi connectivity index (χ1v) is 3.74. The van der Waals surface area contributed by atoms with Crippen LogP contribution < -0.4 is 4.90 Å². The number of carbonyl (C=O) groups is 1. The molecule has 0 saturated heterocycles. The van der Waals surface area contributed by atoms with Gasteiger partial charge in [-0.05, 0) is 12.1 Å². The summed E-state index contributed by atoms with van der Waals surface area (Å²) in [6.45, 7) is 0. The molecular formula is C8H11N3O2. The number of ether oxygens (including phenoxy) is 1. The topological polar surface area (TPSA) is 55.3 Å². The molecule has 0 aliphatic heterocycles. The van der Waals surface area contributed by atoms with Gasteiger partial charge in [-0.15, -0.1) is 10.2 Å². The zero-order chi connectivity index (χ0) is 9.84. The minimum atomic E-state index is -0.474. The number of rotatable bonds is 2. The first-order valence-electron chi connectivity index (χ1n) is 3.74. The summed E-state index contributed by atoms with van der Waals surface area (Å²) in [5.74, 6) is 0.227. The van der Waals surface area contributed by atoms with E-state index in [1.54, 1.807) is 17.0 Å². The lowest BCUT2D eigenvalue weighted by molar-refractivity contribution is 0.0592. The zero-order valence-corrected chi connectivity index (χ0v) is 7.81. The second kappa shape index (κ2) is 3.84. The fraction of sp³-hybridized carbons (Fsp3) is 0.375. The van der Waals surface area contributed by atoms with Gasteiger partial charge in [0.2, 0.25) is 0 Å². The van der Waals surface area contributed by atoms with Crippen LogP contribution in [-0.2, 0) is 4.74 Å². The Labute approximate surface area is 76.3 Å². The molecular weight excluding hydrogens is 170 g/mol. The van der Waals surface area contributed by atoms with E-state index in [1.165, 1.54) is 7.11 Å². The van der Waals surface area contributed by atoms with Gasteiger partial charge in [0.05, 0.1) is 7.11 Å². The Hall–Kier alpha value is -1.65. The number of esters is 1. The Morgan fingerprint density at radius 3 is 2.46 bits per heavy atom. The molecule has 0 saturated carbocycles. The quantitative estimate of drug-likeness (QED) is 0.615. The molecule has 0 fully saturated rings. The molecule has 0 amide bonds. The van der Waals surface area contributed by atoms with Gasteiger partial charge in [-0.2, -0.15) is 0 Å². The van der Waals surface area contributed by atoms with Crippen LogP contribution in [0.3, 0.4) is 0 Å². The van der Waals surface area contributed by atoms with Crippen molar-refractivity contribution in [3.63, 3.8) is 0 Å². The molecule has 5 nitrogen and oxygen atoms in total. The molecule has 0 N–H and O–H groups in total. The Balaban J connectivity index is 2.87. The molecule has 1 aromatic rings. The lowest BCUT2D eigenvalue weighted by Crippen LogP contribution is -2.13. The molecule has 13 heavy (non-hydrogen) atoms. The molecule has 0 aromatic carbocycles. The third-order valence-electron chi connectivity index (χ3n) is 1.50. The van der Waals surface area contributed by atoms with E-state index >= 15 is 0 Å². The summed E-state index contributed by atoms with van der Waals surface area (Å²) in [6, 6.07) is 3.29. The van der Waals surface area contributed by atoms with Crippen LogP contribution >= 0.6 is 0 Å². The second-order valence-electron chi connectivity index (χ2n) is 2.66. The summed E-state index contributed by atoms with van der Waals surface area (Å²) in [5, 5.41) is 7.53. The maximum atomic E-state index is 11.0. The lowest BCUT2D eigenvalue weighted by atomic mass is 10.4. The SMILES string of the molecule is COC(=O)c1ccc(N(C)C)nn1. The van der Waals surface area contributed by atoms with Crippen molar-refractivity contribution in [2.45, 2.75) is 0 Å². The van der Waals surface area contributed by atoms with Crippen LogP contribution in [0.1, 0.15) is 10.5 Å². The van der Waals surface area contributed by atoms with Crippen LogP contribution in [0.5, 0.6) is 0 Å². The molecule has 0 radical (unpaired) electrons. The molecule has 0 bridgehead atoms. The minimum Gasteiger partial charge on any atom is -0.464 e. The Kier molecular flexibility index (Phi) is 2.79. The van der Waals surface area contributed by atoms with Crippen molar-refractivity contribution in [3.8, 4) is 0 Å². The summed E-state index contributed by atoms with van der Waals surface area (Å²) in [5.41, 5.74) is 0.216. The van der Waals surface area contributed by atoms with E-state index in [-0.39, 0.29) is 5.69 Å². The van der Waals surface area contributed by atoms with Crippen LogP contribution in [0.4, 0.5) is 5.82 Å². The van der Waals surface area contributed by atoms with Crippen LogP contribution in [0.2, 0.25) is 0 Å². The van der Waals surface area contributed by atoms with E-state index in [9.17, 15) is 4.79 Å². The third kappa shape index (κ3) is 2.14. The average Bonchev–Trinajstić information content (AvgIpc) is 2.17. The summed E-state index contributed by atoms with van der Waals surface area (Å²) in [7, 11) is 5.01. The molecule has 0 aliphatic rings. The monoisotopic (exact) mass is 181 g/mol. The van der Waals surface area contributed by atoms with Crippen molar-refractivity contribution in [3.05, 3.63) is 17.8 Å². The fourth-order valence-electron chi connectivity index (χ4n) is 0.777. The number of hydrogen-bond acceptors (Lipinski definition) is 5. The number of anilines is 1. The maximum Gasteiger partial charge on any atom is 0.358 e. The van der Waals surface area contributed by atoms with Crippen molar-refractivity contribution in [1.29, 1.82) is 0 Å². The number of nitrogens with zero attached hydrogens (tertiary/aromatic N) is 3. The summed E-state index contributed by atoms with van der Waals surface area (Å²) in [6.07, 6.45) is 0. The van der Waals surface area contributed by atoms with E-state index in [4.69, 9.17) is 0 Å². The number of hydrogen-bond donors (Lipinski definition) is 0. The smallest absolute Gasteiger partial charge is 0.358 e. The standard InChI is InChI=1S/C8H11N3O2/c1-11(2)7-5-4-6(9-10-7)8(12)13-3/h4-5H,1-3H3. The highest BCUT2D eigenvalue weighted by Gasteiger charge is 2.07. The average molecular weight is 181 g/mol. The van der Waals surface area contributed by atoms with Crippen LogP contribution in [0, 0.1) is 0 Å². The van der Waals surface area contributed by atoms with Gasteiger partial charge in [0.15, 0.2) is 11.5 Å². The zero-order valence-electron chi connectivity index (χ0n) is 7.81. The van der Waals surface area contributed by atoms with Gasteiger partial charge in [0.1, 0.15) is 0 Å². The van der Waals surface area contributed by atoms with Gasteiger partial charge in [-0.25, -0.2) is 4.79 Å². The minimum absolute atomic E-state index is 0.216. The Bertz CT molecular complexity index is 295. The molecule has 0 spiro atoms. The van der Waals surface area contributed by atoms with Crippen LogP contribution in [0.25, 0.3) is 0 Å². The lowest BCUT2D eigenvalue weighted by Gasteiger charge is -2.09. The summed E-state index contributed by atoms with van der Waals surface area (Å²) in [4.78, 5) is 12.8. The van der Waals surface area contributed by atoms with Crippen molar-refractivity contribution < 1.29 is 9.53 Å². The van der Waals surface area contributed by atoms with E-state index in [0.29, 0.717) is 5.82 Å².